The van der Waals surface area contributed by atoms with Crippen LogP contribution in [0.4, 0.5) is 11.5 Å². The van der Waals surface area contributed by atoms with E-state index in [1.54, 1.807) is 12.1 Å². The largest absolute Gasteiger partial charge is 0.397 e. The zero-order chi connectivity index (χ0) is 11.5. The number of hydrogen-bond donors (Lipinski definition) is 2. The van der Waals surface area contributed by atoms with E-state index in [-0.39, 0.29) is 11.3 Å². The molecule has 0 unspecified atom stereocenters. The van der Waals surface area contributed by atoms with Crippen molar-refractivity contribution in [3.63, 3.8) is 0 Å². The summed E-state index contributed by atoms with van der Waals surface area (Å²) in [6.07, 6.45) is 1.99. The van der Waals surface area contributed by atoms with Gasteiger partial charge in [-0.1, -0.05) is 20.8 Å². The van der Waals surface area contributed by atoms with E-state index < -0.39 is 0 Å². The van der Waals surface area contributed by atoms with Crippen molar-refractivity contribution in [3.8, 4) is 0 Å². The topological polar surface area (TPSA) is 68.0 Å². The normalized spacial score (nSPS) is 11.1. The zero-order valence-corrected chi connectivity index (χ0v) is 9.37. The lowest BCUT2D eigenvalue weighted by Gasteiger charge is -2.16. The molecule has 82 valence electrons. The first-order valence-corrected chi connectivity index (χ1v) is 4.88. The Morgan fingerprint density at radius 2 is 2.13 bits per heavy atom. The number of rotatable bonds is 2. The first kappa shape index (κ1) is 11.5. The summed E-state index contributed by atoms with van der Waals surface area (Å²) in [6.45, 7) is 6.05. The highest BCUT2D eigenvalue weighted by Crippen LogP contribution is 2.19. The summed E-state index contributed by atoms with van der Waals surface area (Å²) < 4.78 is 0. The molecule has 0 aliphatic heterocycles. The number of nitrogens with zero attached hydrogens (tertiary/aromatic N) is 1. The number of hydrogen-bond acceptors (Lipinski definition) is 3. The minimum atomic E-state index is -0.0280. The Kier molecular flexibility index (Phi) is 3.29. The van der Waals surface area contributed by atoms with Gasteiger partial charge in [0, 0.05) is 6.42 Å². The fourth-order valence-corrected chi connectivity index (χ4v) is 1.15. The van der Waals surface area contributed by atoms with E-state index in [2.05, 4.69) is 10.3 Å². The molecule has 1 rings (SSSR count). The quantitative estimate of drug-likeness (QED) is 0.779. The van der Waals surface area contributed by atoms with Crippen molar-refractivity contribution in [2.45, 2.75) is 27.2 Å². The molecule has 4 nitrogen and oxygen atoms in total. The van der Waals surface area contributed by atoms with Crippen LogP contribution < -0.4 is 11.1 Å². The molecule has 0 saturated heterocycles. The van der Waals surface area contributed by atoms with Crippen LogP contribution >= 0.6 is 0 Å². The molecule has 0 saturated carbocycles. The number of nitrogens with one attached hydrogen (secondary N) is 1. The SMILES string of the molecule is CC(C)(C)CC(=O)Nc1ccc(N)cn1. The summed E-state index contributed by atoms with van der Waals surface area (Å²) in [4.78, 5) is 15.5. The third-order valence-electron chi connectivity index (χ3n) is 1.74. The van der Waals surface area contributed by atoms with Gasteiger partial charge in [-0.25, -0.2) is 4.98 Å². The maximum atomic E-state index is 11.5. The van der Waals surface area contributed by atoms with E-state index in [0.29, 0.717) is 17.9 Å². The summed E-state index contributed by atoms with van der Waals surface area (Å²) in [7, 11) is 0. The van der Waals surface area contributed by atoms with Crippen molar-refractivity contribution >= 4 is 17.4 Å². The van der Waals surface area contributed by atoms with Crippen LogP contribution in [0.5, 0.6) is 0 Å². The Morgan fingerprint density at radius 3 is 2.60 bits per heavy atom. The Morgan fingerprint density at radius 1 is 1.47 bits per heavy atom. The smallest absolute Gasteiger partial charge is 0.226 e. The van der Waals surface area contributed by atoms with Crippen LogP contribution in [0.3, 0.4) is 0 Å². The molecule has 0 aliphatic carbocycles. The number of amides is 1. The number of aromatic nitrogens is 1. The first-order valence-electron chi connectivity index (χ1n) is 4.88. The molecule has 1 aromatic heterocycles. The van der Waals surface area contributed by atoms with Crippen molar-refractivity contribution in [2.24, 2.45) is 5.41 Å². The number of anilines is 2. The maximum Gasteiger partial charge on any atom is 0.226 e. The highest BCUT2D eigenvalue weighted by atomic mass is 16.1. The molecule has 1 heterocycles. The van der Waals surface area contributed by atoms with Crippen LogP contribution in [-0.4, -0.2) is 10.9 Å². The van der Waals surface area contributed by atoms with Crippen LogP contribution in [0.15, 0.2) is 18.3 Å². The van der Waals surface area contributed by atoms with Gasteiger partial charge in [-0.2, -0.15) is 0 Å². The second kappa shape index (κ2) is 4.29. The Labute approximate surface area is 89.9 Å². The number of nitrogen functional groups attached to an aromatic ring is 1. The van der Waals surface area contributed by atoms with Gasteiger partial charge in [0.2, 0.25) is 5.91 Å². The van der Waals surface area contributed by atoms with E-state index in [0.717, 1.165) is 0 Å². The molecule has 0 aromatic carbocycles. The van der Waals surface area contributed by atoms with Gasteiger partial charge in [0.15, 0.2) is 0 Å². The Balaban J connectivity index is 2.55. The highest BCUT2D eigenvalue weighted by Gasteiger charge is 2.15. The van der Waals surface area contributed by atoms with Gasteiger partial charge in [-0.05, 0) is 17.5 Å². The van der Waals surface area contributed by atoms with Crippen molar-refractivity contribution in [1.82, 2.24) is 4.98 Å². The predicted octanol–water partition coefficient (Wildman–Crippen LogP) is 2.04. The molecular weight excluding hydrogens is 190 g/mol. The molecular formula is C11H17N3O. The molecule has 3 N–H and O–H groups in total. The zero-order valence-electron chi connectivity index (χ0n) is 9.37. The molecule has 0 aliphatic rings. The number of carbonyl (C=O) groups is 1. The van der Waals surface area contributed by atoms with E-state index in [1.165, 1.54) is 6.20 Å². The summed E-state index contributed by atoms with van der Waals surface area (Å²) in [5.41, 5.74) is 6.05. The van der Waals surface area contributed by atoms with Crippen molar-refractivity contribution in [1.29, 1.82) is 0 Å². The molecule has 0 spiro atoms. The lowest BCUT2D eigenvalue weighted by Crippen LogP contribution is -2.20. The van der Waals surface area contributed by atoms with Gasteiger partial charge >= 0.3 is 0 Å². The fraction of sp³-hybridized carbons (Fsp3) is 0.455. The van der Waals surface area contributed by atoms with E-state index in [9.17, 15) is 4.79 Å². The Hall–Kier alpha value is -1.58. The van der Waals surface area contributed by atoms with Crippen LogP contribution in [0.2, 0.25) is 0 Å². The van der Waals surface area contributed by atoms with Gasteiger partial charge in [-0.3, -0.25) is 4.79 Å². The average molecular weight is 207 g/mol. The van der Waals surface area contributed by atoms with E-state index in [4.69, 9.17) is 5.73 Å². The second-order valence-electron chi connectivity index (χ2n) is 4.76. The number of pyridine rings is 1. The van der Waals surface area contributed by atoms with Crippen molar-refractivity contribution < 1.29 is 4.79 Å². The first-order chi connectivity index (χ1) is 6.87. The molecule has 1 amide bonds. The summed E-state index contributed by atoms with van der Waals surface area (Å²) >= 11 is 0. The second-order valence-corrected chi connectivity index (χ2v) is 4.76. The van der Waals surface area contributed by atoms with Crippen LogP contribution in [0, 0.1) is 5.41 Å². The number of nitrogens with two attached hydrogens (primary N) is 1. The average Bonchev–Trinajstić information content (AvgIpc) is 2.05. The lowest BCUT2D eigenvalue weighted by molar-refractivity contribution is -0.117. The van der Waals surface area contributed by atoms with Gasteiger partial charge in [0.05, 0.1) is 11.9 Å². The molecule has 0 fully saturated rings. The van der Waals surface area contributed by atoms with Gasteiger partial charge < -0.3 is 11.1 Å². The fourth-order valence-electron chi connectivity index (χ4n) is 1.15. The highest BCUT2D eigenvalue weighted by molar-refractivity contribution is 5.90. The van der Waals surface area contributed by atoms with Gasteiger partial charge in [0.1, 0.15) is 5.82 Å². The van der Waals surface area contributed by atoms with E-state index in [1.807, 2.05) is 20.8 Å². The maximum absolute atomic E-state index is 11.5. The lowest BCUT2D eigenvalue weighted by atomic mass is 9.92. The molecule has 0 radical (unpaired) electrons. The molecule has 0 bridgehead atoms. The molecule has 15 heavy (non-hydrogen) atoms. The van der Waals surface area contributed by atoms with Crippen LogP contribution in [0.25, 0.3) is 0 Å². The minimum Gasteiger partial charge on any atom is -0.397 e. The van der Waals surface area contributed by atoms with Crippen molar-refractivity contribution in [2.75, 3.05) is 11.1 Å². The molecule has 4 heteroatoms. The summed E-state index contributed by atoms with van der Waals surface area (Å²) in [5, 5.41) is 2.72. The number of carbonyl (C=O) groups excluding carboxylic acids is 1. The predicted molar refractivity (Wildman–Crippen MR) is 61.4 cm³/mol. The van der Waals surface area contributed by atoms with Crippen molar-refractivity contribution in [3.05, 3.63) is 18.3 Å². The third kappa shape index (κ3) is 4.44. The monoisotopic (exact) mass is 207 g/mol. The Bertz CT molecular complexity index is 338. The van der Waals surface area contributed by atoms with Crippen LogP contribution in [-0.2, 0) is 4.79 Å². The summed E-state index contributed by atoms with van der Waals surface area (Å²) in [5.74, 6) is 0.512. The van der Waals surface area contributed by atoms with Crippen LogP contribution in [0.1, 0.15) is 27.2 Å². The summed E-state index contributed by atoms with van der Waals surface area (Å²) in [6, 6.07) is 3.40. The van der Waals surface area contributed by atoms with Gasteiger partial charge in [-0.15, -0.1) is 0 Å². The molecule has 1 aromatic rings. The van der Waals surface area contributed by atoms with Gasteiger partial charge in [0.25, 0.3) is 0 Å². The van der Waals surface area contributed by atoms with E-state index >= 15 is 0 Å². The minimum absolute atomic E-state index is 0.0160. The standard InChI is InChI=1S/C11H17N3O/c1-11(2,3)6-10(15)14-9-5-4-8(12)7-13-9/h4-5,7H,6,12H2,1-3H3,(H,13,14,15). The third-order valence-corrected chi connectivity index (χ3v) is 1.74. The molecule has 0 atom stereocenters.